The molecule has 0 radical (unpaired) electrons. The molecule has 1 atom stereocenters. The molecule has 35 heavy (non-hydrogen) atoms. The molecule has 2 amide bonds. The van der Waals surface area contributed by atoms with Crippen molar-refractivity contribution in [2.75, 3.05) is 32.5 Å². The Kier molecular flexibility index (Phi) is 7.46. The molecule has 0 saturated carbocycles. The number of nitrogens with zero attached hydrogens (tertiary/aromatic N) is 4. The number of hydrogen-bond acceptors (Lipinski definition) is 4. The first-order chi connectivity index (χ1) is 16.9. The molecule has 7 heteroatoms. The lowest BCUT2D eigenvalue weighted by Crippen LogP contribution is -2.43. The van der Waals surface area contributed by atoms with E-state index in [-0.39, 0.29) is 11.6 Å². The van der Waals surface area contributed by atoms with Crippen LogP contribution in [0.15, 0.2) is 71.5 Å². The van der Waals surface area contributed by atoms with Gasteiger partial charge in [-0.15, -0.1) is 0 Å². The number of carbonyl (C=O) groups is 1. The fraction of sp³-hybridized carbons (Fsp3) is 0.321. The minimum absolute atomic E-state index is 0.0682. The topological polar surface area (TPSA) is 70.5 Å². The molecular formula is C28H33N5O2. The largest absolute Gasteiger partial charge is 0.322 e. The highest BCUT2D eigenvalue weighted by atomic mass is 16.2. The minimum Gasteiger partial charge on any atom is -0.313 e. The van der Waals surface area contributed by atoms with Crippen molar-refractivity contribution in [3.8, 4) is 0 Å². The van der Waals surface area contributed by atoms with Crippen LogP contribution < -0.4 is 10.9 Å². The van der Waals surface area contributed by atoms with Crippen molar-refractivity contribution in [3.05, 3.63) is 82.9 Å². The predicted molar refractivity (Wildman–Crippen MR) is 143 cm³/mol. The number of aromatic nitrogens is 2. The van der Waals surface area contributed by atoms with Crippen LogP contribution in [-0.4, -0.2) is 52.6 Å². The fourth-order valence-corrected chi connectivity index (χ4v) is 4.38. The zero-order chi connectivity index (χ0) is 24.9. The molecule has 0 aliphatic heterocycles. The lowest BCUT2D eigenvalue weighted by atomic mass is 10.1. The van der Waals surface area contributed by atoms with E-state index in [2.05, 4.69) is 5.32 Å². The highest BCUT2D eigenvalue weighted by molar-refractivity contribution is 6.01. The average Bonchev–Trinajstić information content (AvgIpc) is 2.86. The summed E-state index contributed by atoms with van der Waals surface area (Å²) in [6, 6.07) is 20.6. The number of nitrogens with one attached hydrogen (secondary N) is 1. The van der Waals surface area contributed by atoms with E-state index in [4.69, 9.17) is 4.98 Å². The summed E-state index contributed by atoms with van der Waals surface area (Å²) < 4.78 is 1.72. The summed E-state index contributed by atoms with van der Waals surface area (Å²) in [5, 5.41) is 5.75. The van der Waals surface area contributed by atoms with Gasteiger partial charge >= 0.3 is 6.03 Å². The third-order valence-electron chi connectivity index (χ3n) is 6.26. The SMILES string of the molecule is CCCn1c(C(C)N(CCN(C)C)C(=O)Nc2cccc3ccccc23)nc2ccccc2c1=O. The number of carbonyl (C=O) groups excluding carboxylic acids is 1. The molecule has 1 N–H and O–H groups in total. The van der Waals surface area contributed by atoms with Gasteiger partial charge in [0.1, 0.15) is 5.82 Å². The van der Waals surface area contributed by atoms with Gasteiger partial charge in [0.2, 0.25) is 0 Å². The maximum atomic E-state index is 13.7. The van der Waals surface area contributed by atoms with Crippen LogP contribution in [0.5, 0.6) is 0 Å². The van der Waals surface area contributed by atoms with Gasteiger partial charge in [0, 0.05) is 25.0 Å². The molecule has 1 heterocycles. The molecule has 4 rings (SSSR count). The number of fused-ring (bicyclic) bond motifs is 2. The van der Waals surface area contributed by atoms with Gasteiger partial charge in [-0.2, -0.15) is 0 Å². The van der Waals surface area contributed by atoms with Crippen molar-refractivity contribution in [2.24, 2.45) is 0 Å². The molecule has 3 aromatic carbocycles. The Labute approximate surface area is 206 Å². The maximum Gasteiger partial charge on any atom is 0.322 e. The number of para-hydroxylation sites is 1. The van der Waals surface area contributed by atoms with E-state index in [9.17, 15) is 9.59 Å². The number of hydrogen-bond donors (Lipinski definition) is 1. The number of rotatable bonds is 8. The standard InChI is InChI=1S/C28H33N5O2/c1-5-17-33-26(29-25-15-9-8-14-23(25)27(33)34)20(2)32(19-18-31(3)4)28(35)30-24-16-10-12-21-11-6-7-13-22(21)24/h6-16,20H,5,17-19H2,1-4H3,(H,30,35). The first kappa shape index (κ1) is 24.4. The van der Waals surface area contributed by atoms with E-state index in [1.165, 1.54) is 0 Å². The molecule has 0 saturated heterocycles. The quantitative estimate of drug-likeness (QED) is 0.387. The van der Waals surface area contributed by atoms with Crippen molar-refractivity contribution in [1.82, 2.24) is 19.4 Å². The first-order valence-electron chi connectivity index (χ1n) is 12.1. The predicted octanol–water partition coefficient (Wildman–Crippen LogP) is 5.12. The number of likely N-dealkylation sites (N-methyl/N-ethyl adjacent to an activating group) is 1. The van der Waals surface area contributed by atoms with E-state index >= 15 is 0 Å². The molecule has 0 aliphatic rings. The number of anilines is 1. The van der Waals surface area contributed by atoms with Crippen molar-refractivity contribution in [2.45, 2.75) is 32.9 Å². The average molecular weight is 472 g/mol. The molecule has 0 aliphatic carbocycles. The van der Waals surface area contributed by atoms with E-state index < -0.39 is 6.04 Å². The lowest BCUT2D eigenvalue weighted by Gasteiger charge is -2.31. The summed E-state index contributed by atoms with van der Waals surface area (Å²) in [5.74, 6) is 0.599. The molecule has 0 bridgehead atoms. The second kappa shape index (κ2) is 10.7. The van der Waals surface area contributed by atoms with Crippen LogP contribution in [0.3, 0.4) is 0 Å². The highest BCUT2D eigenvalue weighted by Crippen LogP contribution is 2.26. The Morgan fingerprint density at radius 2 is 1.66 bits per heavy atom. The van der Waals surface area contributed by atoms with Gasteiger partial charge in [-0.3, -0.25) is 9.36 Å². The van der Waals surface area contributed by atoms with Gasteiger partial charge in [-0.1, -0.05) is 55.5 Å². The molecule has 4 aromatic rings. The Bertz CT molecular complexity index is 1390. The van der Waals surface area contributed by atoms with Gasteiger partial charge in [-0.05, 0) is 51.0 Å². The highest BCUT2D eigenvalue weighted by Gasteiger charge is 2.26. The maximum absolute atomic E-state index is 13.7. The summed E-state index contributed by atoms with van der Waals surface area (Å²) in [4.78, 5) is 35.7. The van der Waals surface area contributed by atoms with Crippen LogP contribution in [0.4, 0.5) is 10.5 Å². The Morgan fingerprint density at radius 3 is 2.40 bits per heavy atom. The van der Waals surface area contributed by atoms with Gasteiger partial charge < -0.3 is 15.1 Å². The molecule has 7 nitrogen and oxygen atoms in total. The molecular weight excluding hydrogens is 438 g/mol. The number of amides is 2. The summed E-state index contributed by atoms with van der Waals surface area (Å²) in [7, 11) is 3.96. The number of urea groups is 1. The zero-order valence-corrected chi connectivity index (χ0v) is 20.9. The van der Waals surface area contributed by atoms with Crippen LogP contribution in [0.2, 0.25) is 0 Å². The van der Waals surface area contributed by atoms with Gasteiger partial charge in [0.25, 0.3) is 5.56 Å². The van der Waals surface area contributed by atoms with E-state index in [0.717, 1.165) is 22.9 Å². The summed E-state index contributed by atoms with van der Waals surface area (Å²) in [6.45, 7) is 5.69. The Balaban J connectivity index is 1.74. The summed E-state index contributed by atoms with van der Waals surface area (Å²) in [6.07, 6.45) is 0.791. The van der Waals surface area contributed by atoms with Crippen LogP contribution in [0.25, 0.3) is 21.7 Å². The number of benzene rings is 3. The third-order valence-corrected chi connectivity index (χ3v) is 6.26. The van der Waals surface area contributed by atoms with Gasteiger partial charge in [-0.25, -0.2) is 9.78 Å². The monoisotopic (exact) mass is 471 g/mol. The van der Waals surface area contributed by atoms with E-state index in [0.29, 0.717) is 36.4 Å². The molecule has 1 aromatic heterocycles. The van der Waals surface area contributed by atoms with Crippen molar-refractivity contribution < 1.29 is 4.79 Å². The van der Waals surface area contributed by atoms with Crippen LogP contribution in [0, 0.1) is 0 Å². The van der Waals surface area contributed by atoms with Crippen molar-refractivity contribution in [3.63, 3.8) is 0 Å². The molecule has 1 unspecified atom stereocenters. The molecule has 0 spiro atoms. The van der Waals surface area contributed by atoms with Crippen LogP contribution in [0.1, 0.15) is 32.1 Å². The summed E-state index contributed by atoms with van der Waals surface area (Å²) >= 11 is 0. The van der Waals surface area contributed by atoms with Crippen molar-refractivity contribution >= 4 is 33.4 Å². The van der Waals surface area contributed by atoms with E-state index in [1.54, 1.807) is 9.47 Å². The molecule has 0 fully saturated rings. The van der Waals surface area contributed by atoms with Crippen LogP contribution >= 0.6 is 0 Å². The van der Waals surface area contributed by atoms with Crippen molar-refractivity contribution in [1.29, 1.82) is 0 Å². The zero-order valence-electron chi connectivity index (χ0n) is 20.9. The van der Waals surface area contributed by atoms with E-state index in [1.807, 2.05) is 99.6 Å². The minimum atomic E-state index is -0.409. The normalized spacial score (nSPS) is 12.3. The second-order valence-electron chi connectivity index (χ2n) is 9.07. The smallest absolute Gasteiger partial charge is 0.313 e. The lowest BCUT2D eigenvalue weighted by molar-refractivity contribution is 0.180. The molecule has 182 valence electrons. The van der Waals surface area contributed by atoms with Gasteiger partial charge in [0.15, 0.2) is 0 Å². The van der Waals surface area contributed by atoms with Crippen LogP contribution in [-0.2, 0) is 6.54 Å². The third kappa shape index (κ3) is 5.20. The second-order valence-corrected chi connectivity index (χ2v) is 9.07. The fourth-order valence-electron chi connectivity index (χ4n) is 4.38. The van der Waals surface area contributed by atoms with Gasteiger partial charge in [0.05, 0.1) is 22.6 Å². The Morgan fingerprint density at radius 1 is 0.971 bits per heavy atom. The summed E-state index contributed by atoms with van der Waals surface area (Å²) in [5.41, 5.74) is 1.34. The Hall–Kier alpha value is -3.71. The first-order valence-corrected chi connectivity index (χ1v) is 12.1.